The average Bonchev–Trinajstić information content (AvgIpc) is 2.07. The molecule has 0 N–H and O–H groups in total. The predicted molar refractivity (Wildman–Crippen MR) is 47.2 cm³/mol. The molecule has 0 unspecified atom stereocenters. The predicted octanol–water partition coefficient (Wildman–Crippen LogP) is 0.115. The largest absolute Gasteiger partial charge is 0.421 e. The Hall–Kier alpha value is -1.48. The summed E-state index contributed by atoms with van der Waals surface area (Å²) in [5.41, 5.74) is 8.01. The molecule has 5 heteroatoms. The van der Waals surface area contributed by atoms with Gasteiger partial charge in [0, 0.05) is 20.0 Å². The minimum absolute atomic E-state index is 0.413. The zero-order valence-corrected chi connectivity index (χ0v) is 8.07. The van der Waals surface area contributed by atoms with Gasteiger partial charge in [-0.2, -0.15) is 4.79 Å². The highest BCUT2D eigenvalue weighted by atomic mass is 16.2. The number of carbonyl (C=O) groups is 2. The first-order valence-electron chi connectivity index (χ1n) is 4.10. The van der Waals surface area contributed by atoms with Crippen molar-refractivity contribution in [2.45, 2.75) is 20.8 Å². The number of hydrogen-bond donors (Lipinski definition) is 0. The van der Waals surface area contributed by atoms with Crippen LogP contribution in [-0.2, 0) is 9.59 Å². The number of ketones is 1. The van der Waals surface area contributed by atoms with E-state index in [1.807, 2.05) is 0 Å². The van der Waals surface area contributed by atoms with Gasteiger partial charge in [-0.05, 0) is 13.8 Å². The Kier molecular flexibility index (Phi) is 4.62. The maximum atomic E-state index is 11.4. The molecule has 72 valence electrons. The van der Waals surface area contributed by atoms with Crippen molar-refractivity contribution < 1.29 is 14.4 Å². The molecule has 0 aliphatic rings. The minimum Gasteiger partial charge on any atom is -0.360 e. The van der Waals surface area contributed by atoms with E-state index in [1.165, 1.54) is 11.8 Å². The third-order valence-corrected chi connectivity index (χ3v) is 1.69. The summed E-state index contributed by atoms with van der Waals surface area (Å²) in [6.45, 7) is 5.74. The van der Waals surface area contributed by atoms with Crippen molar-refractivity contribution in [3.8, 4) is 0 Å². The van der Waals surface area contributed by atoms with Crippen LogP contribution in [0.5, 0.6) is 0 Å². The molecular weight excluding hydrogens is 170 g/mol. The third kappa shape index (κ3) is 2.80. The Bertz CT molecular complexity index is 263. The normalized spacial score (nSPS) is 8.85. The molecule has 0 radical (unpaired) electrons. The molecule has 0 saturated heterocycles. The highest BCUT2D eigenvalue weighted by Crippen LogP contribution is 1.91. The van der Waals surface area contributed by atoms with Crippen molar-refractivity contribution in [3.63, 3.8) is 0 Å². The molecule has 0 aromatic heterocycles. The summed E-state index contributed by atoms with van der Waals surface area (Å²) in [6.07, 6.45) is 0. The molecule has 1 amide bonds. The smallest absolute Gasteiger partial charge is 0.360 e. The molecule has 0 aromatic rings. The third-order valence-electron chi connectivity index (χ3n) is 1.69. The fourth-order valence-corrected chi connectivity index (χ4v) is 0.924. The first-order chi connectivity index (χ1) is 6.08. The molecule has 0 aromatic carbocycles. The second-order valence-corrected chi connectivity index (χ2v) is 2.48. The second kappa shape index (κ2) is 5.22. The molecule has 5 nitrogen and oxygen atoms in total. The van der Waals surface area contributed by atoms with Crippen LogP contribution in [0.4, 0.5) is 0 Å². The van der Waals surface area contributed by atoms with E-state index < -0.39 is 17.4 Å². The van der Waals surface area contributed by atoms with E-state index in [4.69, 9.17) is 5.53 Å². The Labute approximate surface area is 77.0 Å². The maximum Gasteiger partial charge on any atom is 0.421 e. The Balaban J connectivity index is 4.75. The summed E-state index contributed by atoms with van der Waals surface area (Å²) in [5, 5.41) is 0. The number of rotatable bonds is 4. The Morgan fingerprint density at radius 3 is 2.00 bits per heavy atom. The van der Waals surface area contributed by atoms with Gasteiger partial charge in [0.1, 0.15) is 0 Å². The lowest BCUT2D eigenvalue weighted by Crippen LogP contribution is -2.39. The maximum absolute atomic E-state index is 11.4. The van der Waals surface area contributed by atoms with Crippen molar-refractivity contribution in [1.29, 1.82) is 0 Å². The monoisotopic (exact) mass is 183 g/mol. The first kappa shape index (κ1) is 11.5. The number of amides is 1. The van der Waals surface area contributed by atoms with E-state index in [1.54, 1.807) is 13.8 Å². The Morgan fingerprint density at radius 1 is 1.31 bits per heavy atom. The standard InChI is InChI=1S/C8H13N3O2/c1-4-11(5-2)8(13)7(10-9)6(3)12/h4-5H2,1-3H3. The van der Waals surface area contributed by atoms with Crippen molar-refractivity contribution in [1.82, 2.24) is 4.90 Å². The molecule has 0 bridgehead atoms. The zero-order valence-electron chi connectivity index (χ0n) is 8.07. The molecule has 0 fully saturated rings. The highest BCUT2D eigenvalue weighted by molar-refractivity contribution is 6.63. The highest BCUT2D eigenvalue weighted by Gasteiger charge is 2.29. The van der Waals surface area contributed by atoms with Gasteiger partial charge in [-0.3, -0.25) is 9.59 Å². The average molecular weight is 183 g/mol. The summed E-state index contributed by atoms with van der Waals surface area (Å²) in [7, 11) is 0. The van der Waals surface area contributed by atoms with Crippen LogP contribution < -0.4 is 0 Å². The second-order valence-electron chi connectivity index (χ2n) is 2.48. The van der Waals surface area contributed by atoms with Crippen molar-refractivity contribution >= 4 is 17.4 Å². The Morgan fingerprint density at radius 2 is 1.77 bits per heavy atom. The van der Waals surface area contributed by atoms with Crippen molar-refractivity contribution in [3.05, 3.63) is 5.53 Å². The van der Waals surface area contributed by atoms with Crippen molar-refractivity contribution in [2.24, 2.45) is 0 Å². The molecule has 0 heterocycles. The molecule has 0 saturated carbocycles. The van der Waals surface area contributed by atoms with Gasteiger partial charge in [0.25, 0.3) is 0 Å². The van der Waals surface area contributed by atoms with Gasteiger partial charge in [0.05, 0.1) is 0 Å². The number of hydrogen-bond acceptors (Lipinski definition) is 2. The van der Waals surface area contributed by atoms with Gasteiger partial charge in [-0.15, -0.1) is 0 Å². The SMILES string of the molecule is CCN(CC)C(=O)C(=[N+]=[N-])C(C)=O. The van der Waals surface area contributed by atoms with Gasteiger partial charge in [-0.1, -0.05) is 0 Å². The van der Waals surface area contributed by atoms with Gasteiger partial charge in [0.15, 0.2) is 0 Å². The molecule has 0 rings (SSSR count). The van der Waals surface area contributed by atoms with Crippen LogP contribution >= 0.6 is 0 Å². The van der Waals surface area contributed by atoms with Crippen LogP contribution in [0.2, 0.25) is 0 Å². The number of carbonyl (C=O) groups excluding carboxylic acids is 2. The first-order valence-corrected chi connectivity index (χ1v) is 4.10. The summed E-state index contributed by atoms with van der Waals surface area (Å²) < 4.78 is 0. The lowest BCUT2D eigenvalue weighted by molar-refractivity contribution is -0.131. The molecule has 13 heavy (non-hydrogen) atoms. The van der Waals surface area contributed by atoms with E-state index in [0.29, 0.717) is 13.1 Å². The van der Waals surface area contributed by atoms with Crippen molar-refractivity contribution in [2.75, 3.05) is 13.1 Å². The topological polar surface area (TPSA) is 73.8 Å². The number of nitrogens with zero attached hydrogens (tertiary/aromatic N) is 3. The van der Waals surface area contributed by atoms with Crippen LogP contribution in [0.25, 0.3) is 5.53 Å². The lowest BCUT2D eigenvalue weighted by atomic mass is 10.2. The van der Waals surface area contributed by atoms with Gasteiger partial charge >= 0.3 is 11.6 Å². The van der Waals surface area contributed by atoms with Gasteiger partial charge < -0.3 is 10.4 Å². The number of Topliss-reactive ketones (excluding diaryl/α,β-unsaturated/α-hetero) is 1. The summed E-state index contributed by atoms with van der Waals surface area (Å²) >= 11 is 0. The van der Waals surface area contributed by atoms with Crippen LogP contribution in [0.1, 0.15) is 20.8 Å². The minimum atomic E-state index is -0.528. The quantitative estimate of drug-likeness (QED) is 0.268. The molecule has 0 aliphatic heterocycles. The fraction of sp³-hybridized carbons (Fsp3) is 0.625. The summed E-state index contributed by atoms with van der Waals surface area (Å²) in [5.74, 6) is -1.06. The summed E-state index contributed by atoms with van der Waals surface area (Å²) in [4.78, 5) is 26.3. The molecule has 0 spiro atoms. The van der Waals surface area contributed by atoms with E-state index in [-0.39, 0.29) is 0 Å². The van der Waals surface area contributed by atoms with Gasteiger partial charge in [-0.25, -0.2) is 0 Å². The zero-order chi connectivity index (χ0) is 10.4. The van der Waals surface area contributed by atoms with Gasteiger partial charge in [0.2, 0.25) is 5.78 Å². The molecule has 0 atom stereocenters. The van der Waals surface area contributed by atoms with Crippen LogP contribution in [-0.4, -0.2) is 40.2 Å². The van der Waals surface area contributed by atoms with E-state index in [9.17, 15) is 9.59 Å². The van der Waals surface area contributed by atoms with Crippen LogP contribution in [0, 0.1) is 0 Å². The molecular formula is C8H13N3O2. The van der Waals surface area contributed by atoms with Crippen LogP contribution in [0.3, 0.4) is 0 Å². The van der Waals surface area contributed by atoms with Crippen LogP contribution in [0.15, 0.2) is 0 Å². The molecule has 0 aliphatic carbocycles. The summed E-state index contributed by atoms with van der Waals surface area (Å²) in [6, 6.07) is 0. The van der Waals surface area contributed by atoms with E-state index in [0.717, 1.165) is 0 Å². The van der Waals surface area contributed by atoms with E-state index >= 15 is 0 Å². The fourth-order valence-electron chi connectivity index (χ4n) is 0.924. The lowest BCUT2D eigenvalue weighted by Gasteiger charge is -2.14. The van der Waals surface area contributed by atoms with E-state index in [2.05, 4.69) is 4.79 Å².